The SMILES string of the molecule is CN(C)C(=O)c1ccc2c(c1)Cc1cc(C(=O)N(C)C)ccc1C2(CCNCC(=O)N1C(C#N)CC23CC12C3)c1nn[nH]n1. The van der Waals surface area contributed by atoms with Crippen LogP contribution < -0.4 is 5.32 Å². The average molecular weight is 594 g/mol. The zero-order valence-electron chi connectivity index (χ0n) is 25.3. The summed E-state index contributed by atoms with van der Waals surface area (Å²) in [6, 6.07) is 13.4. The van der Waals surface area contributed by atoms with Crippen LogP contribution in [0, 0.1) is 16.7 Å². The lowest BCUT2D eigenvalue weighted by Gasteiger charge is -2.39. The highest BCUT2D eigenvalue weighted by Gasteiger charge is 2.90. The number of aromatic amines is 1. The lowest BCUT2D eigenvalue weighted by molar-refractivity contribution is -0.133. The number of tetrazole rings is 1. The van der Waals surface area contributed by atoms with Gasteiger partial charge in [0, 0.05) is 44.7 Å². The van der Waals surface area contributed by atoms with E-state index in [1.807, 2.05) is 41.3 Å². The van der Waals surface area contributed by atoms with E-state index in [9.17, 15) is 19.6 Å². The number of H-pyrrole nitrogens is 1. The van der Waals surface area contributed by atoms with Crippen LogP contribution >= 0.6 is 0 Å². The van der Waals surface area contributed by atoms with Gasteiger partial charge in [-0.1, -0.05) is 17.3 Å². The molecule has 7 rings (SSSR count). The number of nitrogens with zero attached hydrogens (tertiary/aromatic N) is 7. The fraction of sp³-hybridized carbons (Fsp3) is 0.469. The Morgan fingerprint density at radius 2 is 1.64 bits per heavy atom. The molecule has 1 saturated heterocycles. The predicted molar refractivity (Wildman–Crippen MR) is 159 cm³/mol. The van der Waals surface area contributed by atoms with Crippen LogP contribution in [-0.2, 0) is 16.6 Å². The third-order valence-corrected chi connectivity index (χ3v) is 10.3. The van der Waals surface area contributed by atoms with Crippen LogP contribution in [0.15, 0.2) is 36.4 Å². The summed E-state index contributed by atoms with van der Waals surface area (Å²) in [5.41, 5.74) is 4.18. The number of hydrogen-bond donors (Lipinski definition) is 2. The van der Waals surface area contributed by atoms with Crippen molar-refractivity contribution in [2.45, 2.75) is 49.1 Å². The van der Waals surface area contributed by atoms with Crippen LogP contribution in [0.1, 0.15) is 74.5 Å². The molecule has 3 aliphatic carbocycles. The van der Waals surface area contributed by atoms with Crippen molar-refractivity contribution in [3.05, 3.63) is 75.6 Å². The Bertz CT molecular complexity index is 1660. The van der Waals surface area contributed by atoms with Crippen molar-refractivity contribution >= 4 is 17.7 Å². The summed E-state index contributed by atoms with van der Waals surface area (Å²) in [4.78, 5) is 44.1. The molecular formula is C32H35N9O3. The number of carbonyl (C=O) groups excluding carboxylic acids is 3. The summed E-state index contributed by atoms with van der Waals surface area (Å²) in [6.45, 7) is 0.573. The Balaban J connectivity index is 1.24. The number of fused-ring (bicyclic) bond motifs is 2. The van der Waals surface area contributed by atoms with Crippen LogP contribution in [0.5, 0.6) is 0 Å². The van der Waals surface area contributed by atoms with Crippen molar-refractivity contribution in [2.24, 2.45) is 5.41 Å². The Labute approximate surface area is 255 Å². The van der Waals surface area contributed by atoms with Gasteiger partial charge in [-0.25, -0.2) is 0 Å². The maximum Gasteiger partial charge on any atom is 0.253 e. The third kappa shape index (κ3) is 3.91. The van der Waals surface area contributed by atoms with E-state index in [0.717, 1.165) is 41.5 Å². The zero-order valence-corrected chi connectivity index (χ0v) is 25.3. The summed E-state index contributed by atoms with van der Waals surface area (Å²) in [6.07, 6.45) is 3.84. The molecule has 3 fully saturated rings. The molecule has 3 aromatic rings. The molecule has 2 aromatic carbocycles. The van der Waals surface area contributed by atoms with Crippen LogP contribution in [-0.4, -0.2) is 106 Å². The monoisotopic (exact) mass is 593 g/mol. The Hall–Kier alpha value is -4.63. The number of hydrogen-bond acceptors (Lipinski definition) is 8. The number of likely N-dealkylation sites (tertiary alicyclic amines) is 1. The second kappa shape index (κ2) is 9.69. The number of aromatic nitrogens is 4. The van der Waals surface area contributed by atoms with Crippen LogP contribution in [0.4, 0.5) is 0 Å². The van der Waals surface area contributed by atoms with Crippen molar-refractivity contribution in [2.75, 3.05) is 41.3 Å². The minimum absolute atomic E-state index is 0.0369. The molecule has 12 heteroatoms. The summed E-state index contributed by atoms with van der Waals surface area (Å²) >= 11 is 0. The third-order valence-electron chi connectivity index (χ3n) is 10.3. The Morgan fingerprint density at radius 3 is 2.16 bits per heavy atom. The lowest BCUT2D eigenvalue weighted by Crippen LogP contribution is -2.47. The topological polar surface area (TPSA) is 151 Å². The first-order chi connectivity index (χ1) is 21.1. The zero-order chi connectivity index (χ0) is 31.0. The number of rotatable bonds is 8. The molecule has 2 heterocycles. The summed E-state index contributed by atoms with van der Waals surface area (Å²) < 4.78 is 0. The van der Waals surface area contributed by atoms with Gasteiger partial charge in [0.1, 0.15) is 6.04 Å². The van der Waals surface area contributed by atoms with Crippen molar-refractivity contribution < 1.29 is 14.4 Å². The maximum absolute atomic E-state index is 13.4. The molecule has 0 spiro atoms. The molecule has 0 radical (unpaired) electrons. The first kappa shape index (κ1) is 28.2. The molecule has 2 N–H and O–H groups in total. The number of amides is 3. The average Bonchev–Trinajstić information content (AvgIpc) is 3.56. The predicted octanol–water partition coefficient (Wildman–Crippen LogP) is 1.48. The lowest BCUT2D eigenvalue weighted by atomic mass is 9.63. The van der Waals surface area contributed by atoms with E-state index in [0.29, 0.717) is 36.3 Å². The fourth-order valence-electron chi connectivity index (χ4n) is 7.98. The van der Waals surface area contributed by atoms with E-state index in [1.54, 1.807) is 38.0 Å². The molecule has 3 amide bonds. The number of carbonyl (C=O) groups is 3. The van der Waals surface area contributed by atoms with Crippen LogP contribution in [0.3, 0.4) is 0 Å². The van der Waals surface area contributed by atoms with E-state index in [4.69, 9.17) is 0 Å². The van der Waals surface area contributed by atoms with E-state index < -0.39 is 5.41 Å². The van der Waals surface area contributed by atoms with Crippen molar-refractivity contribution in [1.29, 1.82) is 5.26 Å². The van der Waals surface area contributed by atoms with Gasteiger partial charge < -0.3 is 20.0 Å². The van der Waals surface area contributed by atoms with Gasteiger partial charge in [0.2, 0.25) is 5.91 Å². The smallest absolute Gasteiger partial charge is 0.253 e. The number of benzene rings is 2. The van der Waals surface area contributed by atoms with Gasteiger partial charge in [-0.05, 0) is 85.2 Å². The Morgan fingerprint density at radius 1 is 1.02 bits per heavy atom. The molecule has 1 atom stereocenters. The molecule has 44 heavy (non-hydrogen) atoms. The second-order valence-corrected chi connectivity index (χ2v) is 13.2. The highest BCUT2D eigenvalue weighted by Crippen LogP contribution is 2.87. The summed E-state index contributed by atoms with van der Waals surface area (Å²) in [5, 5.41) is 28.5. The van der Waals surface area contributed by atoms with Crippen molar-refractivity contribution in [3.63, 3.8) is 0 Å². The summed E-state index contributed by atoms with van der Waals surface area (Å²) in [7, 11) is 6.89. The highest BCUT2D eigenvalue weighted by molar-refractivity contribution is 5.95. The Kier molecular flexibility index (Phi) is 6.20. The van der Waals surface area contributed by atoms with Gasteiger partial charge in [-0.3, -0.25) is 14.4 Å². The molecule has 1 aliphatic heterocycles. The number of nitrogens with one attached hydrogen (secondary N) is 2. The van der Waals surface area contributed by atoms with Gasteiger partial charge in [0.25, 0.3) is 11.8 Å². The van der Waals surface area contributed by atoms with E-state index in [1.165, 1.54) is 0 Å². The van der Waals surface area contributed by atoms with E-state index in [2.05, 4.69) is 32.0 Å². The van der Waals surface area contributed by atoms with E-state index >= 15 is 0 Å². The molecule has 0 bridgehead atoms. The van der Waals surface area contributed by atoms with Gasteiger partial charge >= 0.3 is 0 Å². The van der Waals surface area contributed by atoms with Crippen LogP contribution in [0.25, 0.3) is 0 Å². The van der Waals surface area contributed by atoms with Crippen LogP contribution in [0.2, 0.25) is 0 Å². The van der Waals surface area contributed by atoms with E-state index in [-0.39, 0.29) is 41.3 Å². The second-order valence-electron chi connectivity index (χ2n) is 13.2. The molecule has 4 aliphatic rings. The van der Waals surface area contributed by atoms with Gasteiger partial charge in [-0.15, -0.1) is 10.2 Å². The van der Waals surface area contributed by atoms with Gasteiger partial charge in [0.15, 0.2) is 5.82 Å². The van der Waals surface area contributed by atoms with Gasteiger partial charge in [0.05, 0.1) is 23.6 Å². The molecule has 1 unspecified atom stereocenters. The first-order valence-corrected chi connectivity index (χ1v) is 14.9. The minimum atomic E-state index is -0.866. The molecule has 226 valence electrons. The highest BCUT2D eigenvalue weighted by atomic mass is 16.2. The summed E-state index contributed by atoms with van der Waals surface area (Å²) in [5.74, 6) is 0.223. The largest absolute Gasteiger partial charge is 0.345 e. The number of nitriles is 1. The standard InChI is InChI=1S/C32H35N9O3/c1-39(2)27(43)19-5-7-24-21(11-19)13-22-12-20(28(44)40(3)4)6-8-25(22)32(24,29-35-37-38-36-29)9-10-34-16-26(42)41-23(15-33)14-30-17-31(30,41)18-30/h5-8,11-12,23,34H,9-10,13-14,16-18H2,1-4H3,(H,35,36,37,38). The molecule has 12 nitrogen and oxygen atoms in total. The molecule has 2 saturated carbocycles. The first-order valence-electron chi connectivity index (χ1n) is 14.9. The minimum Gasteiger partial charge on any atom is -0.345 e. The fourth-order valence-corrected chi connectivity index (χ4v) is 7.98. The van der Waals surface area contributed by atoms with Crippen molar-refractivity contribution in [1.82, 2.24) is 40.6 Å². The maximum atomic E-state index is 13.4. The quantitative estimate of drug-likeness (QED) is 0.373. The molecule has 1 aromatic heterocycles. The normalized spacial score (nSPS) is 24.7. The van der Waals surface area contributed by atoms with Crippen molar-refractivity contribution in [3.8, 4) is 6.07 Å². The van der Waals surface area contributed by atoms with Gasteiger partial charge in [-0.2, -0.15) is 10.5 Å². The number of piperidine rings is 2. The molecular weight excluding hydrogens is 558 g/mol.